The Morgan fingerprint density at radius 1 is 0.750 bits per heavy atom. The molecule has 3 nitrogen and oxygen atoms in total. The van der Waals surface area contributed by atoms with Crippen LogP contribution < -0.4 is 0 Å². The molecule has 0 fully saturated rings. The van der Waals surface area contributed by atoms with Crippen molar-refractivity contribution in [2.24, 2.45) is 0 Å². The Morgan fingerprint density at radius 3 is 1.25 bits per heavy atom. The van der Waals surface area contributed by atoms with Gasteiger partial charge < -0.3 is 0 Å². The standard InChI is InChI=1S/C14H31O3PS2/c1-7-13(8-2,19-11-5)16-18(15)17-14(9-3,10-4)20-12-6/h18H,7-12H2,1-6H3. The van der Waals surface area contributed by atoms with Crippen LogP contribution in [0.15, 0.2) is 0 Å². The maximum absolute atomic E-state index is 12.4. The van der Waals surface area contributed by atoms with Gasteiger partial charge in [0.1, 0.15) is 9.87 Å². The topological polar surface area (TPSA) is 35.5 Å². The molecule has 20 heavy (non-hydrogen) atoms. The van der Waals surface area contributed by atoms with Crippen molar-refractivity contribution in [3.63, 3.8) is 0 Å². The molecule has 0 aromatic heterocycles. The first-order chi connectivity index (χ1) is 9.46. The van der Waals surface area contributed by atoms with E-state index in [1.165, 1.54) is 0 Å². The minimum Gasteiger partial charge on any atom is -0.293 e. The molecule has 6 heteroatoms. The average molecular weight is 343 g/mol. The van der Waals surface area contributed by atoms with Crippen LogP contribution in [0.2, 0.25) is 0 Å². The molecular formula is C14H31O3PS2. The van der Waals surface area contributed by atoms with E-state index in [1.807, 2.05) is 0 Å². The normalized spacial score (nSPS) is 13.2. The van der Waals surface area contributed by atoms with E-state index in [0.29, 0.717) is 0 Å². The van der Waals surface area contributed by atoms with Gasteiger partial charge in [0, 0.05) is 0 Å². The first kappa shape index (κ1) is 20.9. The van der Waals surface area contributed by atoms with Crippen molar-refractivity contribution in [3.05, 3.63) is 0 Å². The van der Waals surface area contributed by atoms with E-state index in [9.17, 15) is 4.57 Å². The van der Waals surface area contributed by atoms with Crippen LogP contribution in [0.1, 0.15) is 67.2 Å². The van der Waals surface area contributed by atoms with Crippen molar-refractivity contribution in [2.75, 3.05) is 11.5 Å². The van der Waals surface area contributed by atoms with E-state index in [2.05, 4.69) is 41.5 Å². The van der Waals surface area contributed by atoms with Gasteiger partial charge in [0.25, 0.3) is 0 Å². The fraction of sp³-hybridized carbons (Fsp3) is 1.00. The maximum atomic E-state index is 12.4. The molecule has 0 aliphatic rings. The molecule has 0 atom stereocenters. The van der Waals surface area contributed by atoms with Gasteiger partial charge in [0.2, 0.25) is 0 Å². The van der Waals surface area contributed by atoms with E-state index in [1.54, 1.807) is 23.5 Å². The predicted octanol–water partition coefficient (Wildman–Crippen LogP) is 5.95. The minimum absolute atomic E-state index is 0.366. The number of hydrogen-bond acceptors (Lipinski definition) is 5. The van der Waals surface area contributed by atoms with Gasteiger partial charge in [-0.3, -0.25) is 13.6 Å². The summed E-state index contributed by atoms with van der Waals surface area (Å²) in [5.41, 5.74) is 0. The number of hydrogen-bond donors (Lipinski definition) is 0. The van der Waals surface area contributed by atoms with E-state index >= 15 is 0 Å². The second-order valence-corrected chi connectivity index (χ2v) is 8.68. The molecule has 0 N–H and O–H groups in total. The highest BCUT2D eigenvalue weighted by molar-refractivity contribution is 8.00. The molecule has 0 aliphatic carbocycles. The Bertz CT molecular complexity index is 254. The van der Waals surface area contributed by atoms with Gasteiger partial charge in [-0.15, -0.1) is 23.5 Å². The average Bonchev–Trinajstić information content (AvgIpc) is 2.46. The molecule has 0 rings (SSSR count). The van der Waals surface area contributed by atoms with Crippen LogP contribution in [0.4, 0.5) is 0 Å². The molecule has 0 saturated heterocycles. The Kier molecular flexibility index (Phi) is 11.0. The monoisotopic (exact) mass is 342 g/mol. The van der Waals surface area contributed by atoms with Gasteiger partial charge in [-0.25, -0.2) is 0 Å². The summed E-state index contributed by atoms with van der Waals surface area (Å²) in [7, 11) is -2.49. The van der Waals surface area contributed by atoms with Gasteiger partial charge in [0.15, 0.2) is 0 Å². The van der Waals surface area contributed by atoms with Crippen molar-refractivity contribution >= 4 is 31.8 Å². The smallest absolute Gasteiger partial charge is 0.293 e. The lowest BCUT2D eigenvalue weighted by Gasteiger charge is -2.34. The third-order valence-corrected chi connectivity index (χ3v) is 7.87. The molecule has 0 bridgehead atoms. The summed E-state index contributed by atoms with van der Waals surface area (Å²) in [6, 6.07) is 0. The van der Waals surface area contributed by atoms with Crippen LogP contribution in [0.25, 0.3) is 0 Å². The first-order valence-electron chi connectivity index (χ1n) is 7.66. The van der Waals surface area contributed by atoms with Crippen LogP contribution in [-0.2, 0) is 13.6 Å². The third kappa shape index (κ3) is 6.31. The molecule has 122 valence electrons. The zero-order valence-electron chi connectivity index (χ0n) is 13.8. The Balaban J connectivity index is 4.80. The number of thioether (sulfide) groups is 2. The summed E-state index contributed by atoms with van der Waals surface area (Å²) in [5.74, 6) is 1.90. The van der Waals surface area contributed by atoms with Gasteiger partial charge in [-0.1, -0.05) is 41.5 Å². The molecule has 0 aromatic rings. The van der Waals surface area contributed by atoms with E-state index in [0.717, 1.165) is 37.2 Å². The largest absolute Gasteiger partial charge is 0.321 e. The predicted molar refractivity (Wildman–Crippen MR) is 94.1 cm³/mol. The van der Waals surface area contributed by atoms with Crippen LogP contribution in [0.5, 0.6) is 0 Å². The van der Waals surface area contributed by atoms with Gasteiger partial charge >= 0.3 is 8.25 Å². The van der Waals surface area contributed by atoms with Crippen LogP contribution in [0.3, 0.4) is 0 Å². The third-order valence-electron chi connectivity index (χ3n) is 3.51. The summed E-state index contributed by atoms with van der Waals surface area (Å²) >= 11 is 3.45. The lowest BCUT2D eigenvalue weighted by Crippen LogP contribution is -2.28. The fourth-order valence-electron chi connectivity index (χ4n) is 2.11. The van der Waals surface area contributed by atoms with Crippen LogP contribution in [0, 0.1) is 0 Å². The summed E-state index contributed by atoms with van der Waals surface area (Å²) < 4.78 is 24.1. The number of rotatable bonds is 12. The summed E-state index contributed by atoms with van der Waals surface area (Å²) in [6.07, 6.45) is 3.36. The Labute approximate surface area is 134 Å². The highest BCUT2D eigenvalue weighted by Gasteiger charge is 2.34. The van der Waals surface area contributed by atoms with Crippen molar-refractivity contribution in [1.29, 1.82) is 0 Å². The van der Waals surface area contributed by atoms with Crippen molar-refractivity contribution in [3.8, 4) is 0 Å². The second kappa shape index (κ2) is 10.6. The molecule has 0 heterocycles. The Morgan fingerprint density at radius 2 is 1.05 bits per heavy atom. The molecule has 0 spiro atoms. The molecule has 0 aromatic carbocycles. The van der Waals surface area contributed by atoms with Crippen molar-refractivity contribution < 1.29 is 13.6 Å². The van der Waals surface area contributed by atoms with Gasteiger partial charge in [-0.2, -0.15) is 0 Å². The molecule has 0 aliphatic heterocycles. The highest BCUT2D eigenvalue weighted by Crippen LogP contribution is 2.48. The fourth-order valence-corrected chi connectivity index (χ4v) is 6.08. The molecular weight excluding hydrogens is 311 g/mol. The molecule has 0 radical (unpaired) electrons. The minimum atomic E-state index is -2.49. The lowest BCUT2D eigenvalue weighted by atomic mass is 10.2. The second-order valence-electron chi connectivity index (χ2n) is 4.56. The SMILES string of the molecule is CCSC(CC)(CC)O[PH](=O)OC(CC)(CC)SCC. The van der Waals surface area contributed by atoms with Crippen LogP contribution in [-0.4, -0.2) is 21.4 Å². The summed E-state index contributed by atoms with van der Waals surface area (Å²) in [4.78, 5) is -0.732. The zero-order chi connectivity index (χ0) is 15.6. The summed E-state index contributed by atoms with van der Waals surface area (Å²) in [6.45, 7) is 12.5. The summed E-state index contributed by atoms with van der Waals surface area (Å²) in [5, 5.41) is 0. The van der Waals surface area contributed by atoms with Crippen molar-refractivity contribution in [2.45, 2.75) is 77.1 Å². The maximum Gasteiger partial charge on any atom is 0.321 e. The van der Waals surface area contributed by atoms with E-state index in [4.69, 9.17) is 9.05 Å². The molecule has 0 unspecified atom stereocenters. The highest BCUT2D eigenvalue weighted by atomic mass is 32.2. The van der Waals surface area contributed by atoms with Gasteiger partial charge in [0.05, 0.1) is 0 Å². The van der Waals surface area contributed by atoms with Crippen LogP contribution >= 0.6 is 31.8 Å². The molecule has 0 saturated carbocycles. The van der Waals surface area contributed by atoms with E-state index < -0.39 is 8.25 Å². The molecule has 0 amide bonds. The quantitative estimate of drug-likeness (QED) is 0.323. The van der Waals surface area contributed by atoms with Crippen molar-refractivity contribution in [1.82, 2.24) is 0 Å². The Hall–Kier alpha value is 0.850. The first-order valence-corrected chi connectivity index (χ1v) is 10.9. The lowest BCUT2D eigenvalue weighted by molar-refractivity contribution is 0.0882. The van der Waals surface area contributed by atoms with Gasteiger partial charge in [-0.05, 0) is 37.2 Å². The zero-order valence-corrected chi connectivity index (χ0v) is 16.4. The van der Waals surface area contributed by atoms with E-state index in [-0.39, 0.29) is 9.87 Å².